The first kappa shape index (κ1) is 16.0. The summed E-state index contributed by atoms with van der Waals surface area (Å²) in [5.74, 6) is 0.326. The van der Waals surface area contributed by atoms with E-state index in [1.807, 2.05) is 44.2 Å². The van der Waals surface area contributed by atoms with Gasteiger partial charge in [0.25, 0.3) is 5.91 Å². The van der Waals surface area contributed by atoms with Crippen molar-refractivity contribution in [2.24, 2.45) is 0 Å². The van der Waals surface area contributed by atoms with Crippen molar-refractivity contribution in [3.63, 3.8) is 0 Å². The summed E-state index contributed by atoms with van der Waals surface area (Å²) in [7, 11) is 0. The lowest BCUT2D eigenvalue weighted by Crippen LogP contribution is -2.47. The number of anilines is 1. The number of carbonyl (C=O) groups is 2. The number of rotatable bonds is 4. The van der Waals surface area contributed by atoms with Gasteiger partial charge in [0.15, 0.2) is 11.6 Å². The molecule has 1 aliphatic rings. The van der Waals surface area contributed by atoms with Gasteiger partial charge in [0, 0.05) is 17.8 Å². The van der Waals surface area contributed by atoms with Crippen molar-refractivity contribution >= 4 is 17.6 Å². The zero-order valence-electron chi connectivity index (χ0n) is 13.6. The number of pyridine rings is 1. The zero-order valence-corrected chi connectivity index (χ0v) is 13.6. The van der Waals surface area contributed by atoms with E-state index in [0.717, 1.165) is 5.56 Å². The molecule has 1 aliphatic heterocycles. The van der Waals surface area contributed by atoms with Gasteiger partial charge in [-0.1, -0.05) is 30.3 Å². The maximum absolute atomic E-state index is 12.9. The van der Waals surface area contributed by atoms with Crippen molar-refractivity contribution in [2.75, 3.05) is 11.4 Å². The Balaban J connectivity index is 1.93. The molecule has 0 radical (unpaired) electrons. The molecule has 2 aromatic rings. The van der Waals surface area contributed by atoms with Crippen LogP contribution in [0.1, 0.15) is 25.5 Å². The SMILES string of the molecule is CC(C)NC(=O)CN1C(=O)C(c2ccccc2)Oc2cccnc21. The molecule has 0 saturated carbocycles. The summed E-state index contributed by atoms with van der Waals surface area (Å²) in [6.45, 7) is 3.66. The third-order valence-electron chi connectivity index (χ3n) is 3.60. The molecule has 1 unspecified atom stereocenters. The normalized spacial score (nSPS) is 16.5. The van der Waals surface area contributed by atoms with Crippen LogP contribution in [-0.4, -0.2) is 29.4 Å². The number of hydrogen-bond acceptors (Lipinski definition) is 4. The van der Waals surface area contributed by atoms with Gasteiger partial charge in [0.05, 0.1) is 0 Å². The molecule has 2 amide bonds. The number of benzene rings is 1. The highest BCUT2D eigenvalue weighted by Gasteiger charge is 2.37. The van der Waals surface area contributed by atoms with Crippen molar-refractivity contribution in [1.82, 2.24) is 10.3 Å². The van der Waals surface area contributed by atoms with Gasteiger partial charge in [-0.15, -0.1) is 0 Å². The van der Waals surface area contributed by atoms with E-state index in [0.29, 0.717) is 11.6 Å². The van der Waals surface area contributed by atoms with Crippen LogP contribution in [-0.2, 0) is 9.59 Å². The van der Waals surface area contributed by atoms with E-state index in [1.54, 1.807) is 18.3 Å². The molecule has 0 aliphatic carbocycles. The molecule has 3 rings (SSSR count). The van der Waals surface area contributed by atoms with Crippen molar-refractivity contribution in [3.8, 4) is 5.75 Å². The zero-order chi connectivity index (χ0) is 17.1. The molecule has 1 aromatic heterocycles. The summed E-state index contributed by atoms with van der Waals surface area (Å²) < 4.78 is 5.84. The monoisotopic (exact) mass is 325 g/mol. The standard InChI is InChI=1S/C18H19N3O3/c1-12(2)20-15(22)11-21-17-14(9-6-10-19-17)24-16(18(21)23)13-7-4-3-5-8-13/h3-10,12,16H,11H2,1-2H3,(H,20,22). The fraction of sp³-hybridized carbons (Fsp3) is 0.278. The van der Waals surface area contributed by atoms with Gasteiger partial charge in [-0.3, -0.25) is 14.5 Å². The molecule has 1 N–H and O–H groups in total. The van der Waals surface area contributed by atoms with Crippen LogP contribution in [0.3, 0.4) is 0 Å². The number of nitrogens with one attached hydrogen (secondary N) is 1. The highest BCUT2D eigenvalue weighted by atomic mass is 16.5. The molecule has 124 valence electrons. The van der Waals surface area contributed by atoms with Crippen molar-refractivity contribution in [2.45, 2.75) is 26.0 Å². The molecular weight excluding hydrogens is 306 g/mol. The third kappa shape index (κ3) is 3.22. The average molecular weight is 325 g/mol. The maximum Gasteiger partial charge on any atom is 0.274 e. The van der Waals surface area contributed by atoms with E-state index in [1.165, 1.54) is 4.90 Å². The fourth-order valence-corrected chi connectivity index (χ4v) is 2.60. The summed E-state index contributed by atoms with van der Waals surface area (Å²) >= 11 is 0. The van der Waals surface area contributed by atoms with Crippen LogP contribution in [0.4, 0.5) is 5.82 Å². The molecule has 2 heterocycles. The second-order valence-corrected chi connectivity index (χ2v) is 5.88. The molecule has 0 fully saturated rings. The molecule has 1 atom stereocenters. The number of hydrogen-bond donors (Lipinski definition) is 1. The Morgan fingerprint density at radius 3 is 2.71 bits per heavy atom. The first-order valence-corrected chi connectivity index (χ1v) is 7.83. The largest absolute Gasteiger partial charge is 0.472 e. The maximum atomic E-state index is 12.9. The molecule has 24 heavy (non-hydrogen) atoms. The van der Waals surface area contributed by atoms with E-state index in [2.05, 4.69) is 10.3 Å². The number of aromatic nitrogens is 1. The van der Waals surface area contributed by atoms with Gasteiger partial charge in [0.2, 0.25) is 12.0 Å². The minimum absolute atomic E-state index is 0.00164. The van der Waals surface area contributed by atoms with Crippen molar-refractivity contribution in [1.29, 1.82) is 0 Å². The Hall–Kier alpha value is -2.89. The van der Waals surface area contributed by atoms with Crippen LogP contribution >= 0.6 is 0 Å². The van der Waals surface area contributed by atoms with E-state index < -0.39 is 6.10 Å². The molecule has 6 heteroatoms. The lowest BCUT2D eigenvalue weighted by Gasteiger charge is -2.33. The number of carbonyl (C=O) groups excluding carboxylic acids is 2. The fourth-order valence-electron chi connectivity index (χ4n) is 2.60. The Kier molecular flexibility index (Phi) is 4.46. The number of nitrogens with zero attached hydrogens (tertiary/aromatic N) is 2. The summed E-state index contributed by atoms with van der Waals surface area (Å²) in [5.41, 5.74) is 0.742. The molecule has 0 bridgehead atoms. The average Bonchev–Trinajstić information content (AvgIpc) is 2.57. The summed E-state index contributed by atoms with van der Waals surface area (Å²) in [4.78, 5) is 30.6. The minimum atomic E-state index is -0.783. The van der Waals surface area contributed by atoms with Crippen LogP contribution in [0, 0.1) is 0 Å². The number of ether oxygens (including phenoxy) is 1. The quantitative estimate of drug-likeness (QED) is 0.934. The lowest BCUT2D eigenvalue weighted by atomic mass is 10.1. The Labute approximate surface area is 140 Å². The molecule has 1 aromatic carbocycles. The molecule has 0 spiro atoms. The van der Waals surface area contributed by atoms with E-state index in [9.17, 15) is 9.59 Å². The van der Waals surface area contributed by atoms with Gasteiger partial charge in [-0.25, -0.2) is 4.98 Å². The minimum Gasteiger partial charge on any atom is -0.472 e. The highest BCUT2D eigenvalue weighted by Crippen LogP contribution is 2.36. The summed E-state index contributed by atoms with van der Waals surface area (Å²) in [6, 6.07) is 12.7. The lowest BCUT2D eigenvalue weighted by molar-refractivity contribution is -0.129. The first-order chi connectivity index (χ1) is 11.6. The van der Waals surface area contributed by atoms with Gasteiger partial charge in [-0.05, 0) is 26.0 Å². The Morgan fingerprint density at radius 2 is 2.00 bits per heavy atom. The second kappa shape index (κ2) is 6.70. The summed E-state index contributed by atoms with van der Waals surface area (Å²) in [5, 5.41) is 2.79. The smallest absolute Gasteiger partial charge is 0.274 e. The van der Waals surface area contributed by atoms with Crippen LogP contribution in [0.2, 0.25) is 0 Å². The first-order valence-electron chi connectivity index (χ1n) is 7.83. The predicted molar refractivity (Wildman–Crippen MR) is 89.7 cm³/mol. The van der Waals surface area contributed by atoms with Crippen molar-refractivity contribution < 1.29 is 14.3 Å². The van der Waals surface area contributed by atoms with Crippen molar-refractivity contribution in [3.05, 3.63) is 54.2 Å². The van der Waals surface area contributed by atoms with Gasteiger partial charge in [0.1, 0.15) is 6.54 Å². The van der Waals surface area contributed by atoms with Gasteiger partial charge < -0.3 is 10.1 Å². The number of fused-ring (bicyclic) bond motifs is 1. The second-order valence-electron chi connectivity index (χ2n) is 5.88. The summed E-state index contributed by atoms with van der Waals surface area (Å²) in [6.07, 6.45) is 0.792. The topological polar surface area (TPSA) is 71.5 Å². The van der Waals surface area contributed by atoms with Gasteiger partial charge in [-0.2, -0.15) is 0 Å². The van der Waals surface area contributed by atoms with Gasteiger partial charge >= 0.3 is 0 Å². The molecule has 0 saturated heterocycles. The van der Waals surface area contributed by atoms with E-state index in [4.69, 9.17) is 4.74 Å². The predicted octanol–water partition coefficient (Wildman–Crippen LogP) is 2.07. The third-order valence-corrected chi connectivity index (χ3v) is 3.60. The molecular formula is C18H19N3O3. The Morgan fingerprint density at radius 1 is 1.25 bits per heavy atom. The van der Waals surface area contributed by atoms with E-state index >= 15 is 0 Å². The van der Waals surface area contributed by atoms with Crippen LogP contribution < -0.4 is 15.0 Å². The van der Waals surface area contributed by atoms with Crippen LogP contribution in [0.5, 0.6) is 5.75 Å². The highest BCUT2D eigenvalue weighted by molar-refractivity contribution is 6.03. The van der Waals surface area contributed by atoms with Crippen LogP contribution in [0.15, 0.2) is 48.7 Å². The number of amides is 2. The molecule has 6 nitrogen and oxygen atoms in total. The van der Waals surface area contributed by atoms with E-state index in [-0.39, 0.29) is 24.4 Å². The Bertz CT molecular complexity index is 746. The van der Waals surface area contributed by atoms with Crippen LogP contribution in [0.25, 0.3) is 0 Å².